The lowest BCUT2D eigenvalue weighted by molar-refractivity contribution is -0.137. The number of halogens is 4. The predicted molar refractivity (Wildman–Crippen MR) is 89.3 cm³/mol. The van der Waals surface area contributed by atoms with Gasteiger partial charge in [0.25, 0.3) is 0 Å². The number of hydrogen-bond acceptors (Lipinski definition) is 5. The van der Waals surface area contributed by atoms with E-state index in [2.05, 4.69) is 25.8 Å². The van der Waals surface area contributed by atoms with E-state index in [0.29, 0.717) is 5.82 Å². The summed E-state index contributed by atoms with van der Waals surface area (Å²) < 4.78 is 38.7. The van der Waals surface area contributed by atoms with Gasteiger partial charge in [0.15, 0.2) is 5.82 Å². The van der Waals surface area contributed by atoms with Crippen LogP contribution in [0.3, 0.4) is 0 Å². The molecule has 0 bridgehead atoms. The minimum atomic E-state index is -4.55. The second-order valence-electron chi connectivity index (χ2n) is 4.97. The summed E-state index contributed by atoms with van der Waals surface area (Å²) in [6, 6.07) is 12.7. The Kier molecular flexibility index (Phi) is 4.71. The van der Waals surface area contributed by atoms with Crippen LogP contribution in [0.4, 0.5) is 36.3 Å². The first kappa shape index (κ1) is 17.0. The molecule has 9 heteroatoms. The minimum Gasteiger partial charge on any atom is -0.339 e. The number of rotatable bonds is 4. The molecule has 0 fully saturated rings. The lowest BCUT2D eigenvalue weighted by Gasteiger charge is -2.12. The molecule has 0 aliphatic carbocycles. The molecule has 5 nitrogen and oxygen atoms in total. The average molecular weight is 366 g/mol. The van der Waals surface area contributed by atoms with Gasteiger partial charge < -0.3 is 10.6 Å². The molecule has 0 unspecified atom stereocenters. The van der Waals surface area contributed by atoms with Crippen LogP contribution in [-0.4, -0.2) is 15.2 Å². The molecule has 0 radical (unpaired) electrons. The second-order valence-corrected chi connectivity index (χ2v) is 5.38. The molecule has 0 spiro atoms. The molecule has 0 amide bonds. The first-order valence-corrected chi connectivity index (χ1v) is 7.45. The summed E-state index contributed by atoms with van der Waals surface area (Å²) >= 11 is 5.60. The summed E-state index contributed by atoms with van der Waals surface area (Å²) in [6.07, 6.45) is -3.15. The van der Waals surface area contributed by atoms with Gasteiger partial charge in [-0.2, -0.15) is 23.3 Å². The molecule has 0 atom stereocenters. The molecule has 3 aromatic rings. The summed E-state index contributed by atoms with van der Waals surface area (Å²) in [5, 5.41) is 12.9. The Balaban J connectivity index is 1.81. The van der Waals surface area contributed by atoms with Crippen molar-refractivity contribution in [2.24, 2.45) is 0 Å². The van der Waals surface area contributed by atoms with Crippen LogP contribution in [-0.2, 0) is 6.18 Å². The van der Waals surface area contributed by atoms with Crippen LogP contribution in [0.15, 0.2) is 54.7 Å². The largest absolute Gasteiger partial charge is 0.417 e. The Labute approximate surface area is 145 Å². The van der Waals surface area contributed by atoms with Gasteiger partial charge in [0.1, 0.15) is 0 Å². The van der Waals surface area contributed by atoms with Crippen molar-refractivity contribution in [3.8, 4) is 0 Å². The molecule has 1 aromatic heterocycles. The van der Waals surface area contributed by atoms with Gasteiger partial charge in [-0.15, -0.1) is 5.10 Å². The highest BCUT2D eigenvalue weighted by Crippen LogP contribution is 2.36. The van der Waals surface area contributed by atoms with Gasteiger partial charge in [-0.3, -0.25) is 0 Å². The molecule has 0 aliphatic rings. The maximum absolute atomic E-state index is 12.9. The first-order chi connectivity index (χ1) is 11.9. The average Bonchev–Trinajstić information content (AvgIpc) is 2.57. The Bertz CT molecular complexity index is 871. The van der Waals surface area contributed by atoms with Crippen molar-refractivity contribution in [2.45, 2.75) is 6.18 Å². The topological polar surface area (TPSA) is 62.7 Å². The van der Waals surface area contributed by atoms with E-state index in [1.807, 2.05) is 30.3 Å². The number of para-hydroxylation sites is 1. The number of nitrogens with zero attached hydrogens (tertiary/aromatic N) is 3. The van der Waals surface area contributed by atoms with E-state index in [1.54, 1.807) is 0 Å². The highest BCUT2D eigenvalue weighted by molar-refractivity contribution is 6.31. The van der Waals surface area contributed by atoms with E-state index in [9.17, 15) is 13.2 Å². The zero-order valence-corrected chi connectivity index (χ0v) is 13.3. The van der Waals surface area contributed by atoms with Gasteiger partial charge in [0.2, 0.25) is 5.95 Å². The lowest BCUT2D eigenvalue weighted by Crippen LogP contribution is -2.07. The third-order valence-electron chi connectivity index (χ3n) is 3.13. The molecule has 0 saturated heterocycles. The van der Waals surface area contributed by atoms with Crippen LogP contribution in [0.2, 0.25) is 5.02 Å². The number of anilines is 4. The predicted octanol–water partition coefficient (Wildman–Crippen LogP) is 5.03. The van der Waals surface area contributed by atoms with E-state index < -0.39 is 11.7 Å². The Hall–Kier alpha value is -2.87. The van der Waals surface area contributed by atoms with Gasteiger partial charge in [-0.05, 0) is 30.3 Å². The fraction of sp³-hybridized carbons (Fsp3) is 0.0625. The highest BCUT2D eigenvalue weighted by Gasteiger charge is 2.33. The molecular weight excluding hydrogens is 355 g/mol. The minimum absolute atomic E-state index is 0.0522. The Morgan fingerprint density at radius 2 is 1.68 bits per heavy atom. The smallest absolute Gasteiger partial charge is 0.339 e. The van der Waals surface area contributed by atoms with E-state index in [0.717, 1.165) is 17.8 Å². The van der Waals surface area contributed by atoms with Crippen molar-refractivity contribution < 1.29 is 13.2 Å². The van der Waals surface area contributed by atoms with Crippen LogP contribution in [0, 0.1) is 0 Å². The van der Waals surface area contributed by atoms with Gasteiger partial charge >= 0.3 is 6.18 Å². The van der Waals surface area contributed by atoms with Gasteiger partial charge in [0.05, 0.1) is 16.8 Å². The van der Waals surface area contributed by atoms with Crippen molar-refractivity contribution in [1.82, 2.24) is 15.2 Å². The van der Waals surface area contributed by atoms with Gasteiger partial charge in [-0.1, -0.05) is 29.8 Å². The van der Waals surface area contributed by atoms with Crippen molar-refractivity contribution in [3.05, 3.63) is 65.3 Å². The van der Waals surface area contributed by atoms with Crippen LogP contribution >= 0.6 is 11.6 Å². The molecule has 25 heavy (non-hydrogen) atoms. The summed E-state index contributed by atoms with van der Waals surface area (Å²) in [5.74, 6) is 0.449. The van der Waals surface area contributed by atoms with Crippen molar-refractivity contribution in [1.29, 1.82) is 0 Å². The SMILES string of the molecule is FC(F)(F)c1cc(Nc2nncc(Nc3ccccc3)n2)ccc1Cl. The maximum atomic E-state index is 12.9. The summed E-state index contributed by atoms with van der Waals surface area (Å²) in [7, 11) is 0. The summed E-state index contributed by atoms with van der Waals surface area (Å²) in [5.41, 5.74) is 0.000813. The third-order valence-corrected chi connectivity index (χ3v) is 3.46. The van der Waals surface area contributed by atoms with Crippen LogP contribution in [0.5, 0.6) is 0 Å². The molecule has 128 valence electrons. The van der Waals surface area contributed by atoms with Crippen LogP contribution in [0.25, 0.3) is 0 Å². The van der Waals surface area contributed by atoms with Gasteiger partial charge in [0, 0.05) is 11.4 Å². The molecular formula is C16H11ClF3N5. The number of nitrogens with one attached hydrogen (secondary N) is 2. The zero-order valence-electron chi connectivity index (χ0n) is 12.5. The molecule has 0 aliphatic heterocycles. The van der Waals surface area contributed by atoms with E-state index in [-0.39, 0.29) is 16.7 Å². The number of hydrogen-bond donors (Lipinski definition) is 2. The van der Waals surface area contributed by atoms with Crippen molar-refractivity contribution in [2.75, 3.05) is 10.6 Å². The lowest BCUT2D eigenvalue weighted by atomic mass is 10.2. The second kappa shape index (κ2) is 6.94. The quantitative estimate of drug-likeness (QED) is 0.679. The standard InChI is InChI=1S/C16H11ClF3N5/c17-13-7-6-11(8-12(13)16(18,19)20)23-15-24-14(9-21-25-15)22-10-4-2-1-3-5-10/h1-9H,(H2,22,23,24,25). The molecule has 3 rings (SSSR count). The van der Waals surface area contributed by atoms with Crippen molar-refractivity contribution >= 4 is 34.7 Å². The summed E-state index contributed by atoms with van der Waals surface area (Å²) in [4.78, 5) is 4.17. The maximum Gasteiger partial charge on any atom is 0.417 e. The Morgan fingerprint density at radius 1 is 0.920 bits per heavy atom. The fourth-order valence-electron chi connectivity index (χ4n) is 2.04. The number of alkyl halides is 3. The van der Waals surface area contributed by atoms with Crippen LogP contribution in [0.1, 0.15) is 5.56 Å². The molecule has 2 N–H and O–H groups in total. The monoisotopic (exact) mass is 365 g/mol. The van der Waals surface area contributed by atoms with Gasteiger partial charge in [-0.25, -0.2) is 0 Å². The van der Waals surface area contributed by atoms with Crippen molar-refractivity contribution in [3.63, 3.8) is 0 Å². The van der Waals surface area contributed by atoms with E-state index in [1.165, 1.54) is 12.3 Å². The zero-order chi connectivity index (χ0) is 17.9. The number of aromatic nitrogens is 3. The van der Waals surface area contributed by atoms with E-state index in [4.69, 9.17) is 11.6 Å². The number of benzene rings is 2. The normalized spacial score (nSPS) is 11.2. The molecule has 2 aromatic carbocycles. The van der Waals surface area contributed by atoms with E-state index >= 15 is 0 Å². The third kappa shape index (κ3) is 4.36. The first-order valence-electron chi connectivity index (χ1n) is 7.07. The van der Waals surface area contributed by atoms with Crippen LogP contribution < -0.4 is 10.6 Å². The highest BCUT2D eigenvalue weighted by atomic mass is 35.5. The Morgan fingerprint density at radius 3 is 2.40 bits per heavy atom. The molecule has 1 heterocycles. The fourth-order valence-corrected chi connectivity index (χ4v) is 2.26. The molecule has 0 saturated carbocycles. The summed E-state index contributed by atoms with van der Waals surface area (Å²) in [6.45, 7) is 0.